The van der Waals surface area contributed by atoms with E-state index >= 15 is 0 Å². The molecule has 0 spiro atoms. The second-order valence-corrected chi connectivity index (χ2v) is 4.66. The van der Waals surface area contributed by atoms with Crippen LogP contribution >= 0.6 is 0 Å². The highest BCUT2D eigenvalue weighted by Crippen LogP contribution is 2.29. The Morgan fingerprint density at radius 1 is 1.33 bits per heavy atom. The molecule has 0 aliphatic rings. The lowest BCUT2D eigenvalue weighted by molar-refractivity contribution is 0.409. The van der Waals surface area contributed by atoms with Crippen LogP contribution in [0.1, 0.15) is 44.1 Å². The Kier molecular flexibility index (Phi) is 4.02. The minimum absolute atomic E-state index is 0.173. The molecule has 1 unspecified atom stereocenters. The average molecular weight is 249 g/mol. The molecule has 2 nitrogen and oxygen atoms in total. The van der Waals surface area contributed by atoms with Crippen LogP contribution in [0.25, 0.3) is 11.0 Å². The summed E-state index contributed by atoms with van der Waals surface area (Å²) in [7, 11) is 0. The van der Waals surface area contributed by atoms with Gasteiger partial charge >= 0.3 is 0 Å². The Hall–Kier alpha value is -1.35. The second kappa shape index (κ2) is 5.53. The molecule has 0 bridgehead atoms. The highest BCUT2D eigenvalue weighted by Gasteiger charge is 2.16. The molecule has 0 saturated carbocycles. The summed E-state index contributed by atoms with van der Waals surface area (Å²) in [4.78, 5) is 0. The lowest BCUT2D eigenvalue weighted by Gasteiger charge is -2.13. The van der Waals surface area contributed by atoms with Crippen molar-refractivity contribution < 1.29 is 8.81 Å². The topological polar surface area (TPSA) is 25.2 Å². The van der Waals surface area contributed by atoms with Crippen molar-refractivity contribution in [2.45, 2.75) is 39.7 Å². The van der Waals surface area contributed by atoms with Crippen LogP contribution in [0.5, 0.6) is 0 Å². The Morgan fingerprint density at radius 3 is 2.78 bits per heavy atom. The first-order valence-electron chi connectivity index (χ1n) is 6.59. The minimum Gasteiger partial charge on any atom is -0.456 e. The van der Waals surface area contributed by atoms with Crippen molar-refractivity contribution in [2.24, 2.45) is 0 Å². The van der Waals surface area contributed by atoms with Gasteiger partial charge in [0, 0.05) is 5.39 Å². The fourth-order valence-electron chi connectivity index (χ4n) is 2.24. The lowest BCUT2D eigenvalue weighted by atomic mass is 10.1. The summed E-state index contributed by atoms with van der Waals surface area (Å²) >= 11 is 0. The van der Waals surface area contributed by atoms with Crippen molar-refractivity contribution in [3.63, 3.8) is 0 Å². The van der Waals surface area contributed by atoms with Crippen molar-refractivity contribution >= 4 is 11.0 Å². The zero-order chi connectivity index (χ0) is 13.1. The fraction of sp³-hybridized carbons (Fsp3) is 0.467. The molecule has 0 aliphatic heterocycles. The lowest BCUT2D eigenvalue weighted by Crippen LogP contribution is -2.20. The largest absolute Gasteiger partial charge is 0.456 e. The standard InChI is InChI=1S/C15H20FNO/c1-4-6-12(17-5-2)13-9-11-8-7-10(3)14(16)15(11)18-13/h7-9,12,17H,4-6H2,1-3H3. The Balaban J connectivity index is 2.42. The van der Waals surface area contributed by atoms with Gasteiger partial charge in [-0.25, -0.2) is 4.39 Å². The third kappa shape index (κ3) is 2.41. The molecule has 98 valence electrons. The summed E-state index contributed by atoms with van der Waals surface area (Å²) in [6, 6.07) is 5.82. The zero-order valence-corrected chi connectivity index (χ0v) is 11.2. The van der Waals surface area contributed by atoms with Crippen molar-refractivity contribution in [2.75, 3.05) is 6.54 Å². The Labute approximate surface area is 107 Å². The maximum absolute atomic E-state index is 13.9. The molecule has 1 heterocycles. The molecule has 3 heteroatoms. The third-order valence-electron chi connectivity index (χ3n) is 3.21. The predicted octanol–water partition coefficient (Wildman–Crippen LogP) is 4.33. The van der Waals surface area contributed by atoms with Crippen LogP contribution in [0.15, 0.2) is 22.6 Å². The third-order valence-corrected chi connectivity index (χ3v) is 3.21. The van der Waals surface area contributed by atoms with Gasteiger partial charge in [-0.1, -0.05) is 32.4 Å². The Morgan fingerprint density at radius 2 is 2.11 bits per heavy atom. The van der Waals surface area contributed by atoms with E-state index in [1.165, 1.54) is 0 Å². The van der Waals surface area contributed by atoms with Gasteiger partial charge in [-0.15, -0.1) is 0 Å². The number of halogens is 1. The van der Waals surface area contributed by atoms with Crippen LogP contribution in [-0.2, 0) is 0 Å². The van der Waals surface area contributed by atoms with Crippen molar-refractivity contribution in [1.82, 2.24) is 5.32 Å². The van der Waals surface area contributed by atoms with Crippen LogP contribution in [0, 0.1) is 12.7 Å². The molecule has 2 rings (SSSR count). The smallest absolute Gasteiger partial charge is 0.170 e. The van der Waals surface area contributed by atoms with E-state index in [1.54, 1.807) is 13.0 Å². The number of fused-ring (bicyclic) bond motifs is 1. The molecule has 1 aromatic carbocycles. The van der Waals surface area contributed by atoms with Crippen molar-refractivity contribution in [1.29, 1.82) is 0 Å². The minimum atomic E-state index is -0.245. The van der Waals surface area contributed by atoms with Gasteiger partial charge in [0.15, 0.2) is 11.4 Å². The molecule has 18 heavy (non-hydrogen) atoms. The highest BCUT2D eigenvalue weighted by molar-refractivity contribution is 5.79. The first-order chi connectivity index (χ1) is 8.67. The number of hydrogen-bond acceptors (Lipinski definition) is 2. The van der Waals surface area contributed by atoms with Gasteiger partial charge in [0.25, 0.3) is 0 Å². The van der Waals surface area contributed by atoms with Gasteiger partial charge < -0.3 is 9.73 Å². The molecule has 0 radical (unpaired) electrons. The van der Waals surface area contributed by atoms with E-state index in [2.05, 4.69) is 19.2 Å². The molecular formula is C15H20FNO. The van der Waals surface area contributed by atoms with E-state index in [0.717, 1.165) is 30.5 Å². The summed E-state index contributed by atoms with van der Waals surface area (Å²) < 4.78 is 19.6. The number of aryl methyl sites for hydroxylation is 1. The molecule has 0 fully saturated rings. The van der Waals surface area contributed by atoms with E-state index in [0.29, 0.717) is 11.1 Å². The Bertz CT molecular complexity index is 527. The molecule has 0 amide bonds. The van der Waals surface area contributed by atoms with E-state index in [4.69, 9.17) is 4.42 Å². The summed E-state index contributed by atoms with van der Waals surface area (Å²) in [6.45, 7) is 6.84. The first-order valence-corrected chi connectivity index (χ1v) is 6.59. The fourth-order valence-corrected chi connectivity index (χ4v) is 2.24. The van der Waals surface area contributed by atoms with Gasteiger partial charge in [-0.3, -0.25) is 0 Å². The summed E-state index contributed by atoms with van der Waals surface area (Å²) in [5.41, 5.74) is 1.00. The second-order valence-electron chi connectivity index (χ2n) is 4.66. The maximum Gasteiger partial charge on any atom is 0.170 e. The highest BCUT2D eigenvalue weighted by atomic mass is 19.1. The number of hydrogen-bond donors (Lipinski definition) is 1. The van der Waals surface area contributed by atoms with E-state index in [-0.39, 0.29) is 11.9 Å². The molecule has 0 aliphatic carbocycles. The van der Waals surface area contributed by atoms with E-state index in [1.807, 2.05) is 12.1 Å². The van der Waals surface area contributed by atoms with Gasteiger partial charge in [0.1, 0.15) is 5.76 Å². The van der Waals surface area contributed by atoms with Gasteiger partial charge in [0.2, 0.25) is 0 Å². The van der Waals surface area contributed by atoms with Crippen LogP contribution in [0.4, 0.5) is 4.39 Å². The van der Waals surface area contributed by atoms with E-state index in [9.17, 15) is 4.39 Å². The van der Waals surface area contributed by atoms with Gasteiger partial charge in [-0.2, -0.15) is 0 Å². The van der Waals surface area contributed by atoms with Crippen molar-refractivity contribution in [3.05, 3.63) is 35.3 Å². The molecule has 2 aromatic rings. The molecule has 0 saturated heterocycles. The summed E-state index contributed by atoms with van der Waals surface area (Å²) in [5.74, 6) is 0.587. The molecule has 1 N–H and O–H groups in total. The van der Waals surface area contributed by atoms with Crippen molar-refractivity contribution in [3.8, 4) is 0 Å². The SMILES string of the molecule is CCCC(NCC)c1cc2ccc(C)c(F)c2o1. The maximum atomic E-state index is 13.9. The quantitative estimate of drug-likeness (QED) is 0.853. The van der Waals surface area contributed by atoms with Gasteiger partial charge in [-0.05, 0) is 31.5 Å². The molecular weight excluding hydrogens is 229 g/mol. The van der Waals surface area contributed by atoms with Crippen LogP contribution in [-0.4, -0.2) is 6.54 Å². The van der Waals surface area contributed by atoms with Crippen LogP contribution in [0.2, 0.25) is 0 Å². The normalized spacial score (nSPS) is 13.1. The monoisotopic (exact) mass is 249 g/mol. The number of benzene rings is 1. The summed E-state index contributed by atoms with van der Waals surface area (Å²) in [5, 5.41) is 4.22. The number of furan rings is 1. The number of nitrogens with one attached hydrogen (secondary N) is 1. The van der Waals surface area contributed by atoms with Crippen LogP contribution < -0.4 is 5.32 Å². The number of rotatable bonds is 5. The average Bonchev–Trinajstić information content (AvgIpc) is 2.78. The zero-order valence-electron chi connectivity index (χ0n) is 11.2. The summed E-state index contributed by atoms with van der Waals surface area (Å²) in [6.07, 6.45) is 2.06. The first kappa shape index (κ1) is 13.1. The van der Waals surface area contributed by atoms with E-state index < -0.39 is 0 Å². The predicted molar refractivity (Wildman–Crippen MR) is 72.2 cm³/mol. The van der Waals surface area contributed by atoms with Gasteiger partial charge in [0.05, 0.1) is 6.04 Å². The van der Waals surface area contributed by atoms with Crippen LogP contribution in [0.3, 0.4) is 0 Å². The molecule has 1 aromatic heterocycles. The molecule has 1 atom stereocenters.